The van der Waals surface area contributed by atoms with Gasteiger partial charge in [-0.2, -0.15) is 5.10 Å². The van der Waals surface area contributed by atoms with Gasteiger partial charge in [0, 0.05) is 26.2 Å². The van der Waals surface area contributed by atoms with Crippen LogP contribution in [0.25, 0.3) is 0 Å². The minimum Gasteiger partial charge on any atom is -0.310 e. The van der Waals surface area contributed by atoms with E-state index < -0.39 is 0 Å². The van der Waals surface area contributed by atoms with E-state index in [1.54, 1.807) is 0 Å². The lowest BCUT2D eigenvalue weighted by atomic mass is 10.3. The van der Waals surface area contributed by atoms with Crippen LogP contribution in [0.3, 0.4) is 0 Å². The summed E-state index contributed by atoms with van der Waals surface area (Å²) in [5.74, 6) is 0. The maximum Gasteiger partial charge on any atom is 0.0739 e. The van der Waals surface area contributed by atoms with Crippen LogP contribution >= 0.6 is 15.9 Å². The third kappa shape index (κ3) is 3.57. The fraction of sp³-hybridized carbons (Fsp3) is 0.727. The van der Waals surface area contributed by atoms with Gasteiger partial charge in [0.2, 0.25) is 0 Å². The van der Waals surface area contributed by atoms with Crippen LogP contribution in [0.4, 0.5) is 0 Å². The van der Waals surface area contributed by atoms with E-state index in [0.29, 0.717) is 0 Å². The average Bonchev–Trinajstić information content (AvgIpc) is 2.50. The highest BCUT2D eigenvalue weighted by molar-refractivity contribution is 9.10. The van der Waals surface area contributed by atoms with Crippen molar-refractivity contribution in [3.05, 3.63) is 15.9 Å². The van der Waals surface area contributed by atoms with E-state index in [2.05, 4.69) is 52.3 Å². The maximum atomic E-state index is 4.46. The van der Waals surface area contributed by atoms with Gasteiger partial charge in [-0.15, -0.1) is 0 Å². The first-order valence-electron chi connectivity index (χ1n) is 5.63. The van der Waals surface area contributed by atoms with E-state index in [4.69, 9.17) is 0 Å². The molecule has 0 aliphatic carbocycles. The van der Waals surface area contributed by atoms with Crippen molar-refractivity contribution in [1.29, 1.82) is 0 Å². The quantitative estimate of drug-likeness (QED) is 0.808. The van der Waals surface area contributed by atoms with E-state index >= 15 is 0 Å². The lowest BCUT2D eigenvalue weighted by Crippen LogP contribution is -2.27. The third-order valence-corrected chi connectivity index (χ3v) is 3.51. The van der Waals surface area contributed by atoms with E-state index in [1.807, 2.05) is 11.6 Å². The highest BCUT2D eigenvalue weighted by Gasteiger charge is 2.10. The van der Waals surface area contributed by atoms with Crippen molar-refractivity contribution < 1.29 is 0 Å². The Hall–Kier alpha value is -0.390. The molecule has 5 heteroatoms. The first kappa shape index (κ1) is 13.7. The van der Waals surface area contributed by atoms with E-state index in [1.165, 1.54) is 5.69 Å². The first-order chi connectivity index (χ1) is 7.56. The van der Waals surface area contributed by atoms with Crippen LogP contribution in [-0.4, -0.2) is 41.9 Å². The molecule has 0 amide bonds. The van der Waals surface area contributed by atoms with Gasteiger partial charge in [0.25, 0.3) is 0 Å². The number of rotatable bonds is 6. The van der Waals surface area contributed by atoms with Crippen molar-refractivity contribution in [2.45, 2.75) is 26.9 Å². The number of halogens is 1. The molecule has 0 radical (unpaired) electrons. The predicted octanol–water partition coefficient (Wildman–Crippen LogP) is 1.63. The number of nitrogens with one attached hydrogen (secondary N) is 1. The van der Waals surface area contributed by atoms with Gasteiger partial charge in [-0.1, -0.05) is 0 Å². The Morgan fingerprint density at radius 3 is 2.69 bits per heavy atom. The van der Waals surface area contributed by atoms with Gasteiger partial charge in [-0.3, -0.25) is 4.68 Å². The zero-order valence-electron chi connectivity index (χ0n) is 10.5. The van der Waals surface area contributed by atoms with Crippen molar-refractivity contribution >= 4 is 15.9 Å². The number of aryl methyl sites for hydroxylation is 2. The number of aromatic nitrogens is 2. The summed E-state index contributed by atoms with van der Waals surface area (Å²) < 4.78 is 3.17. The molecule has 0 bridgehead atoms. The van der Waals surface area contributed by atoms with Crippen LogP contribution in [0.2, 0.25) is 0 Å². The molecule has 0 aliphatic heterocycles. The molecular formula is C11H21BrN4. The molecule has 0 unspecified atom stereocenters. The first-order valence-corrected chi connectivity index (χ1v) is 6.42. The van der Waals surface area contributed by atoms with Crippen molar-refractivity contribution in [1.82, 2.24) is 20.0 Å². The molecule has 0 aliphatic rings. The molecule has 16 heavy (non-hydrogen) atoms. The van der Waals surface area contributed by atoms with Gasteiger partial charge in [0.05, 0.1) is 15.9 Å². The highest BCUT2D eigenvalue weighted by atomic mass is 79.9. The molecule has 0 spiro atoms. The van der Waals surface area contributed by atoms with Crippen molar-refractivity contribution in [3.8, 4) is 0 Å². The smallest absolute Gasteiger partial charge is 0.0739 e. The number of nitrogens with zero attached hydrogens (tertiary/aromatic N) is 3. The van der Waals surface area contributed by atoms with Gasteiger partial charge >= 0.3 is 0 Å². The van der Waals surface area contributed by atoms with Crippen molar-refractivity contribution in [2.75, 3.05) is 27.2 Å². The zero-order valence-corrected chi connectivity index (χ0v) is 12.1. The summed E-state index contributed by atoms with van der Waals surface area (Å²) in [6, 6.07) is 0. The minimum atomic E-state index is 0.864. The third-order valence-electron chi connectivity index (χ3n) is 2.48. The van der Waals surface area contributed by atoms with Crippen LogP contribution < -0.4 is 5.32 Å². The molecule has 0 atom stereocenters. The highest BCUT2D eigenvalue weighted by Crippen LogP contribution is 2.20. The van der Waals surface area contributed by atoms with Gasteiger partial charge in [0.15, 0.2) is 0 Å². The summed E-state index contributed by atoms with van der Waals surface area (Å²) in [5, 5.41) is 7.89. The fourth-order valence-corrected chi connectivity index (χ4v) is 1.97. The lowest BCUT2D eigenvalue weighted by Gasteiger charge is -2.11. The Bertz CT molecular complexity index is 333. The van der Waals surface area contributed by atoms with Gasteiger partial charge in [0.1, 0.15) is 0 Å². The lowest BCUT2D eigenvalue weighted by molar-refractivity contribution is 0.397. The second kappa shape index (κ2) is 6.37. The normalized spacial score (nSPS) is 11.4. The van der Waals surface area contributed by atoms with Crippen LogP contribution in [0, 0.1) is 6.92 Å². The number of hydrogen-bond acceptors (Lipinski definition) is 3. The summed E-state index contributed by atoms with van der Waals surface area (Å²) in [7, 11) is 4.16. The molecule has 92 valence electrons. The fourth-order valence-electron chi connectivity index (χ4n) is 1.55. The summed E-state index contributed by atoms with van der Waals surface area (Å²) in [4.78, 5) is 2.17. The molecular weight excluding hydrogens is 268 g/mol. The van der Waals surface area contributed by atoms with Gasteiger partial charge in [-0.05, 0) is 43.9 Å². The summed E-state index contributed by atoms with van der Waals surface area (Å²) in [5.41, 5.74) is 2.30. The molecule has 0 fully saturated rings. The molecule has 1 aromatic rings. The molecule has 0 saturated carbocycles. The zero-order chi connectivity index (χ0) is 12.1. The Labute approximate surface area is 106 Å². The molecule has 0 saturated heterocycles. The Morgan fingerprint density at radius 2 is 2.12 bits per heavy atom. The van der Waals surface area contributed by atoms with Crippen LogP contribution in [0.5, 0.6) is 0 Å². The Balaban J connectivity index is 2.52. The van der Waals surface area contributed by atoms with E-state index in [-0.39, 0.29) is 0 Å². The molecule has 4 nitrogen and oxygen atoms in total. The summed E-state index contributed by atoms with van der Waals surface area (Å²) in [6.45, 7) is 7.96. The second-order valence-electron chi connectivity index (χ2n) is 4.14. The van der Waals surface area contributed by atoms with E-state index in [9.17, 15) is 0 Å². The largest absolute Gasteiger partial charge is 0.310 e. The molecule has 1 heterocycles. The SMILES string of the molecule is CCn1nc(C)c(Br)c1CNCCN(C)C. The van der Waals surface area contributed by atoms with Gasteiger partial charge in [-0.25, -0.2) is 0 Å². The minimum absolute atomic E-state index is 0.864. The van der Waals surface area contributed by atoms with E-state index in [0.717, 1.165) is 36.3 Å². The van der Waals surface area contributed by atoms with Crippen LogP contribution in [0.15, 0.2) is 4.47 Å². The molecule has 1 aromatic heterocycles. The summed E-state index contributed by atoms with van der Waals surface area (Å²) >= 11 is 3.59. The monoisotopic (exact) mass is 288 g/mol. The second-order valence-corrected chi connectivity index (χ2v) is 4.93. The average molecular weight is 289 g/mol. The molecule has 0 aromatic carbocycles. The van der Waals surface area contributed by atoms with Crippen LogP contribution in [0.1, 0.15) is 18.3 Å². The molecule has 1 N–H and O–H groups in total. The standard InChI is InChI=1S/C11H21BrN4/c1-5-16-10(11(12)9(2)14-16)8-13-6-7-15(3)4/h13H,5-8H2,1-4H3. The summed E-state index contributed by atoms with van der Waals surface area (Å²) in [6.07, 6.45) is 0. The van der Waals surface area contributed by atoms with Crippen molar-refractivity contribution in [2.24, 2.45) is 0 Å². The predicted molar refractivity (Wildman–Crippen MR) is 70.6 cm³/mol. The van der Waals surface area contributed by atoms with Gasteiger partial charge < -0.3 is 10.2 Å². The Morgan fingerprint density at radius 1 is 1.44 bits per heavy atom. The Kier molecular flexibility index (Phi) is 5.44. The van der Waals surface area contributed by atoms with Crippen LogP contribution in [-0.2, 0) is 13.1 Å². The maximum absolute atomic E-state index is 4.46. The topological polar surface area (TPSA) is 33.1 Å². The van der Waals surface area contributed by atoms with Crippen molar-refractivity contribution in [3.63, 3.8) is 0 Å². The molecule has 1 rings (SSSR count). The number of hydrogen-bond donors (Lipinski definition) is 1. The number of likely N-dealkylation sites (N-methyl/N-ethyl adjacent to an activating group) is 1.